The van der Waals surface area contributed by atoms with Crippen LogP contribution in [-0.2, 0) is 22.5 Å². The van der Waals surface area contributed by atoms with Gasteiger partial charge in [0, 0.05) is 38.4 Å². The van der Waals surface area contributed by atoms with Crippen LogP contribution in [0.1, 0.15) is 30.4 Å². The number of para-hydroxylation sites is 1. The van der Waals surface area contributed by atoms with Crippen molar-refractivity contribution in [2.45, 2.75) is 32.2 Å². The standard InChI is InChI=1S/C23H26FN3O3/c24-19-5-1-2-6-21(19)26-23(29)25-20-7-3-4-17-15-27(11-8-18(17)20)22(28)14-16-9-12-30-13-10-16/h1-7,16H,8-15H2,(H2,25,26,29). The van der Waals surface area contributed by atoms with Gasteiger partial charge in [0.25, 0.3) is 0 Å². The second-order valence-corrected chi connectivity index (χ2v) is 7.83. The summed E-state index contributed by atoms with van der Waals surface area (Å²) < 4.78 is 19.1. The molecule has 3 amide bonds. The van der Waals surface area contributed by atoms with Crippen molar-refractivity contribution in [3.8, 4) is 0 Å². The smallest absolute Gasteiger partial charge is 0.323 e. The van der Waals surface area contributed by atoms with Crippen LogP contribution in [0.5, 0.6) is 0 Å². The predicted molar refractivity (Wildman–Crippen MR) is 113 cm³/mol. The van der Waals surface area contributed by atoms with E-state index in [1.165, 1.54) is 12.1 Å². The highest BCUT2D eigenvalue weighted by molar-refractivity contribution is 6.00. The van der Waals surface area contributed by atoms with E-state index in [0.29, 0.717) is 37.5 Å². The van der Waals surface area contributed by atoms with Crippen molar-refractivity contribution in [1.82, 2.24) is 4.90 Å². The first kappa shape index (κ1) is 20.3. The molecule has 2 aliphatic rings. The Morgan fingerprint density at radius 1 is 1.03 bits per heavy atom. The molecule has 0 spiro atoms. The second kappa shape index (κ2) is 9.26. The Morgan fingerprint density at radius 2 is 1.77 bits per heavy atom. The minimum Gasteiger partial charge on any atom is -0.381 e. The Labute approximate surface area is 175 Å². The second-order valence-electron chi connectivity index (χ2n) is 7.83. The van der Waals surface area contributed by atoms with Crippen LogP contribution in [0.15, 0.2) is 42.5 Å². The van der Waals surface area contributed by atoms with Crippen molar-refractivity contribution in [3.05, 3.63) is 59.4 Å². The Bertz CT molecular complexity index is 928. The van der Waals surface area contributed by atoms with Crippen LogP contribution in [0, 0.1) is 11.7 Å². The van der Waals surface area contributed by atoms with Gasteiger partial charge in [-0.25, -0.2) is 9.18 Å². The normalized spacial score (nSPS) is 16.6. The first-order valence-electron chi connectivity index (χ1n) is 10.4. The summed E-state index contributed by atoms with van der Waals surface area (Å²) >= 11 is 0. The van der Waals surface area contributed by atoms with Gasteiger partial charge in [-0.15, -0.1) is 0 Å². The maximum Gasteiger partial charge on any atom is 0.323 e. The minimum atomic E-state index is -0.494. The first-order chi connectivity index (χ1) is 14.6. The number of nitrogens with zero attached hydrogens (tertiary/aromatic N) is 1. The van der Waals surface area contributed by atoms with E-state index in [-0.39, 0.29) is 11.6 Å². The Hall–Kier alpha value is -2.93. The number of halogens is 1. The maximum absolute atomic E-state index is 13.8. The van der Waals surface area contributed by atoms with Gasteiger partial charge < -0.3 is 20.3 Å². The molecule has 7 heteroatoms. The number of hydrogen-bond donors (Lipinski definition) is 2. The fraction of sp³-hybridized carbons (Fsp3) is 0.391. The molecule has 1 saturated heterocycles. The summed E-state index contributed by atoms with van der Waals surface area (Å²) in [5.74, 6) is 0.104. The lowest BCUT2D eigenvalue weighted by atomic mass is 9.94. The number of urea groups is 1. The van der Waals surface area contributed by atoms with Crippen LogP contribution < -0.4 is 10.6 Å². The van der Waals surface area contributed by atoms with E-state index in [1.807, 2.05) is 23.1 Å². The summed E-state index contributed by atoms with van der Waals surface area (Å²) in [7, 11) is 0. The average Bonchev–Trinajstić information content (AvgIpc) is 2.76. The largest absolute Gasteiger partial charge is 0.381 e. The highest BCUT2D eigenvalue weighted by Gasteiger charge is 2.26. The molecule has 0 unspecified atom stereocenters. The molecule has 2 N–H and O–H groups in total. The van der Waals surface area contributed by atoms with E-state index in [0.717, 1.165) is 37.2 Å². The number of nitrogens with one attached hydrogen (secondary N) is 2. The lowest BCUT2D eigenvalue weighted by Gasteiger charge is -2.32. The summed E-state index contributed by atoms with van der Waals surface area (Å²) in [6.45, 7) is 2.65. The van der Waals surface area contributed by atoms with Crippen LogP contribution >= 0.6 is 0 Å². The van der Waals surface area contributed by atoms with Gasteiger partial charge >= 0.3 is 6.03 Å². The maximum atomic E-state index is 13.8. The van der Waals surface area contributed by atoms with E-state index in [4.69, 9.17) is 4.74 Å². The fourth-order valence-electron chi connectivity index (χ4n) is 4.10. The van der Waals surface area contributed by atoms with Crippen molar-refractivity contribution in [1.29, 1.82) is 0 Å². The van der Waals surface area contributed by atoms with Crippen LogP contribution in [0.25, 0.3) is 0 Å². The quantitative estimate of drug-likeness (QED) is 0.793. The lowest BCUT2D eigenvalue weighted by Crippen LogP contribution is -2.37. The van der Waals surface area contributed by atoms with Gasteiger partial charge in [0.1, 0.15) is 5.82 Å². The zero-order valence-corrected chi connectivity index (χ0v) is 16.8. The zero-order valence-electron chi connectivity index (χ0n) is 16.8. The minimum absolute atomic E-state index is 0.129. The van der Waals surface area contributed by atoms with Gasteiger partial charge in [0.05, 0.1) is 5.69 Å². The molecule has 0 saturated carbocycles. The van der Waals surface area contributed by atoms with Gasteiger partial charge in [0.2, 0.25) is 5.91 Å². The third-order valence-corrected chi connectivity index (χ3v) is 5.79. The monoisotopic (exact) mass is 411 g/mol. The highest BCUT2D eigenvalue weighted by Crippen LogP contribution is 2.28. The number of ether oxygens (including phenoxy) is 1. The van der Waals surface area contributed by atoms with Gasteiger partial charge in [-0.05, 0) is 54.5 Å². The van der Waals surface area contributed by atoms with Gasteiger partial charge in [0.15, 0.2) is 0 Å². The number of fused-ring (bicyclic) bond motifs is 1. The summed E-state index contributed by atoms with van der Waals surface area (Å²) in [4.78, 5) is 27.0. The number of amides is 3. The SMILES string of the molecule is O=C(Nc1ccccc1F)Nc1cccc2c1CCN(C(=O)CC1CCOCC1)C2. The predicted octanol–water partition coefficient (Wildman–Crippen LogP) is 4.17. The van der Waals surface area contributed by atoms with Crippen LogP contribution in [0.4, 0.5) is 20.6 Å². The zero-order chi connectivity index (χ0) is 20.9. The number of hydrogen-bond acceptors (Lipinski definition) is 3. The van der Waals surface area contributed by atoms with Gasteiger partial charge in [-0.3, -0.25) is 4.79 Å². The van der Waals surface area contributed by atoms with Crippen molar-refractivity contribution < 1.29 is 18.7 Å². The van der Waals surface area contributed by atoms with Crippen molar-refractivity contribution in [3.63, 3.8) is 0 Å². The van der Waals surface area contributed by atoms with Gasteiger partial charge in [-0.2, -0.15) is 0 Å². The first-order valence-corrected chi connectivity index (χ1v) is 10.4. The molecule has 0 radical (unpaired) electrons. The molecule has 0 bridgehead atoms. The fourth-order valence-corrected chi connectivity index (χ4v) is 4.10. The number of benzene rings is 2. The van der Waals surface area contributed by atoms with Crippen LogP contribution in [0.2, 0.25) is 0 Å². The van der Waals surface area contributed by atoms with Crippen LogP contribution in [0.3, 0.4) is 0 Å². The van der Waals surface area contributed by atoms with Gasteiger partial charge in [-0.1, -0.05) is 24.3 Å². The third-order valence-electron chi connectivity index (χ3n) is 5.79. The van der Waals surface area contributed by atoms with Crippen molar-refractivity contribution in [2.24, 2.45) is 5.92 Å². The molecule has 0 atom stereocenters. The molecular weight excluding hydrogens is 385 g/mol. The van der Waals surface area contributed by atoms with E-state index >= 15 is 0 Å². The molecule has 0 aliphatic carbocycles. The summed E-state index contributed by atoms with van der Waals surface area (Å²) in [6, 6.07) is 11.2. The molecule has 1 fully saturated rings. The third kappa shape index (κ3) is 4.79. The molecule has 4 rings (SSSR count). The molecule has 0 aromatic heterocycles. The molecule has 30 heavy (non-hydrogen) atoms. The number of carbonyl (C=O) groups excluding carboxylic acids is 2. The van der Waals surface area contributed by atoms with Crippen molar-refractivity contribution in [2.75, 3.05) is 30.4 Å². The molecule has 158 valence electrons. The number of carbonyl (C=O) groups is 2. The molecule has 2 heterocycles. The molecule has 2 aromatic carbocycles. The van der Waals surface area contributed by atoms with E-state index in [1.54, 1.807) is 12.1 Å². The number of rotatable bonds is 4. The Morgan fingerprint density at radius 3 is 2.57 bits per heavy atom. The lowest BCUT2D eigenvalue weighted by molar-refractivity contribution is -0.133. The summed E-state index contributed by atoms with van der Waals surface area (Å²) in [5, 5.41) is 5.36. The summed E-state index contributed by atoms with van der Waals surface area (Å²) in [5.41, 5.74) is 2.88. The van der Waals surface area contributed by atoms with Crippen LogP contribution in [-0.4, -0.2) is 36.6 Å². The van der Waals surface area contributed by atoms with Crippen molar-refractivity contribution >= 4 is 23.3 Å². The number of anilines is 2. The molecular formula is C23H26FN3O3. The molecule has 6 nitrogen and oxygen atoms in total. The molecule has 2 aromatic rings. The summed E-state index contributed by atoms with van der Waals surface area (Å²) in [6.07, 6.45) is 3.13. The topological polar surface area (TPSA) is 70.7 Å². The van der Waals surface area contributed by atoms with E-state index in [9.17, 15) is 14.0 Å². The Kier molecular flexibility index (Phi) is 6.28. The average molecular weight is 411 g/mol. The van der Waals surface area contributed by atoms with E-state index in [2.05, 4.69) is 10.6 Å². The highest BCUT2D eigenvalue weighted by atomic mass is 19.1. The Balaban J connectivity index is 1.39. The molecule has 2 aliphatic heterocycles. The van der Waals surface area contributed by atoms with E-state index < -0.39 is 11.8 Å².